The van der Waals surface area contributed by atoms with Crippen LogP contribution in [0.3, 0.4) is 0 Å². The van der Waals surface area contributed by atoms with Crippen molar-refractivity contribution in [1.82, 2.24) is 0 Å². The van der Waals surface area contributed by atoms with Crippen molar-refractivity contribution in [2.24, 2.45) is 0 Å². The van der Waals surface area contributed by atoms with Crippen molar-refractivity contribution in [2.45, 2.75) is 91.4 Å². The van der Waals surface area contributed by atoms with E-state index >= 15 is 0 Å². The van der Waals surface area contributed by atoms with Crippen molar-refractivity contribution in [3.63, 3.8) is 0 Å². The van der Waals surface area contributed by atoms with E-state index in [0.29, 0.717) is 0 Å². The lowest BCUT2D eigenvalue weighted by Gasteiger charge is -2.06. The first-order valence-electron chi connectivity index (χ1n) is 8.90. The van der Waals surface area contributed by atoms with Crippen molar-refractivity contribution in [2.75, 3.05) is 0 Å². The Morgan fingerprint density at radius 1 is 0.864 bits per heavy atom. The fourth-order valence-corrected chi connectivity index (χ4v) is 2.71. The molecular formula is C20H36OS. The molecule has 0 aliphatic heterocycles. The molecule has 0 N–H and O–H groups in total. The zero-order valence-electron chi connectivity index (χ0n) is 15.0. The topological polar surface area (TPSA) is 9.23 Å². The SMILES string of the molecule is C=C(C=CC)CCCCCCCCCCC/C(C)=C(\C)OS. The molecule has 0 bridgehead atoms. The molecule has 0 radical (unpaired) electrons. The van der Waals surface area contributed by atoms with Crippen molar-refractivity contribution >= 4 is 12.9 Å². The summed E-state index contributed by atoms with van der Waals surface area (Å²) in [5.41, 5.74) is 2.60. The minimum Gasteiger partial charge on any atom is -0.434 e. The molecule has 0 amide bonds. The third kappa shape index (κ3) is 13.1. The van der Waals surface area contributed by atoms with Gasteiger partial charge in [0.25, 0.3) is 0 Å². The molecule has 22 heavy (non-hydrogen) atoms. The van der Waals surface area contributed by atoms with Gasteiger partial charge in [0, 0.05) is 12.9 Å². The van der Waals surface area contributed by atoms with E-state index in [1.807, 2.05) is 6.92 Å². The largest absolute Gasteiger partial charge is 0.434 e. The summed E-state index contributed by atoms with van der Waals surface area (Å²) >= 11 is 3.84. The van der Waals surface area contributed by atoms with Crippen LogP contribution in [0, 0.1) is 0 Å². The zero-order chi connectivity index (χ0) is 16.6. The van der Waals surface area contributed by atoms with Gasteiger partial charge < -0.3 is 4.18 Å². The van der Waals surface area contributed by atoms with Crippen molar-refractivity contribution in [1.29, 1.82) is 0 Å². The maximum Gasteiger partial charge on any atom is 0.109 e. The van der Waals surface area contributed by atoms with Crippen LogP contribution in [0.4, 0.5) is 0 Å². The number of rotatable bonds is 14. The Hall–Kier alpha value is -0.630. The standard InChI is InChI=1S/C20H36OS/c1-5-15-18(2)16-13-11-9-7-6-8-10-12-14-17-19(3)20(4)21-22/h5,15,22H,2,6-14,16-17H2,1,3-4H3/b15-5?,20-19+. The molecule has 0 saturated heterocycles. The van der Waals surface area contributed by atoms with Crippen LogP contribution in [-0.2, 0) is 4.18 Å². The Balaban J connectivity index is 3.29. The van der Waals surface area contributed by atoms with Crippen LogP contribution in [-0.4, -0.2) is 0 Å². The lowest BCUT2D eigenvalue weighted by molar-refractivity contribution is 0.494. The van der Waals surface area contributed by atoms with Gasteiger partial charge >= 0.3 is 0 Å². The summed E-state index contributed by atoms with van der Waals surface area (Å²) in [5.74, 6) is 0.959. The van der Waals surface area contributed by atoms with E-state index in [2.05, 4.69) is 45.5 Å². The summed E-state index contributed by atoms with van der Waals surface area (Å²) in [5, 5.41) is 0. The molecule has 0 atom stereocenters. The van der Waals surface area contributed by atoms with E-state index in [1.165, 1.54) is 68.9 Å². The Kier molecular flexibility index (Phi) is 14.8. The first kappa shape index (κ1) is 21.4. The Bertz CT molecular complexity index is 342. The second kappa shape index (κ2) is 15.3. The van der Waals surface area contributed by atoms with Crippen LogP contribution in [0.5, 0.6) is 0 Å². The minimum absolute atomic E-state index is 0.959. The first-order valence-corrected chi connectivity index (χ1v) is 9.26. The summed E-state index contributed by atoms with van der Waals surface area (Å²) in [4.78, 5) is 0. The van der Waals surface area contributed by atoms with Crippen LogP contribution in [0.25, 0.3) is 0 Å². The normalized spacial score (nSPS) is 12.5. The van der Waals surface area contributed by atoms with E-state index in [0.717, 1.165) is 18.6 Å². The number of hydrogen-bond acceptors (Lipinski definition) is 2. The number of unbranched alkanes of at least 4 members (excludes halogenated alkanes) is 8. The molecule has 0 aromatic rings. The maximum absolute atomic E-state index is 4.95. The molecule has 1 nitrogen and oxygen atoms in total. The fourth-order valence-electron chi connectivity index (χ4n) is 2.55. The van der Waals surface area contributed by atoms with E-state index in [4.69, 9.17) is 4.18 Å². The second-order valence-electron chi connectivity index (χ2n) is 6.27. The third-order valence-corrected chi connectivity index (χ3v) is 4.46. The predicted octanol–water partition coefficient (Wildman–Crippen LogP) is 7.57. The lowest BCUT2D eigenvalue weighted by Crippen LogP contribution is -1.86. The Morgan fingerprint density at radius 3 is 1.77 bits per heavy atom. The van der Waals surface area contributed by atoms with Crippen LogP contribution >= 0.6 is 12.9 Å². The predicted molar refractivity (Wildman–Crippen MR) is 103 cm³/mol. The number of hydrogen-bond donors (Lipinski definition) is 1. The average Bonchev–Trinajstić information content (AvgIpc) is 2.51. The molecule has 128 valence electrons. The highest BCUT2D eigenvalue weighted by molar-refractivity contribution is 7.75. The molecule has 0 aliphatic carbocycles. The molecule has 0 unspecified atom stereocenters. The second-order valence-corrected chi connectivity index (χ2v) is 6.45. The molecule has 2 heteroatoms. The van der Waals surface area contributed by atoms with Crippen LogP contribution in [0.15, 0.2) is 35.6 Å². The molecule has 0 spiro atoms. The minimum atomic E-state index is 0.959. The van der Waals surface area contributed by atoms with Gasteiger partial charge in [-0.1, -0.05) is 69.2 Å². The molecule has 0 aliphatic rings. The molecule has 0 aromatic heterocycles. The van der Waals surface area contributed by atoms with E-state index < -0.39 is 0 Å². The van der Waals surface area contributed by atoms with Crippen LogP contribution in [0.1, 0.15) is 91.4 Å². The van der Waals surface area contributed by atoms with Gasteiger partial charge in [-0.05, 0) is 52.0 Å². The molecule has 0 heterocycles. The van der Waals surface area contributed by atoms with Crippen molar-refractivity contribution in [3.8, 4) is 0 Å². The summed E-state index contributed by atoms with van der Waals surface area (Å²) in [6, 6.07) is 0. The highest BCUT2D eigenvalue weighted by Gasteiger charge is 1.98. The summed E-state index contributed by atoms with van der Waals surface area (Å²) in [7, 11) is 0. The monoisotopic (exact) mass is 324 g/mol. The zero-order valence-corrected chi connectivity index (χ0v) is 15.9. The van der Waals surface area contributed by atoms with Crippen LogP contribution in [0.2, 0.25) is 0 Å². The quantitative estimate of drug-likeness (QED) is 0.114. The number of allylic oxidation sites excluding steroid dienone is 5. The average molecular weight is 325 g/mol. The molecule has 0 aromatic carbocycles. The summed E-state index contributed by atoms with van der Waals surface area (Å²) in [6.07, 6.45) is 18.7. The molecule has 0 rings (SSSR count). The van der Waals surface area contributed by atoms with Crippen molar-refractivity contribution in [3.05, 3.63) is 35.6 Å². The van der Waals surface area contributed by atoms with Gasteiger partial charge in [0.2, 0.25) is 0 Å². The Labute approximate surface area is 144 Å². The summed E-state index contributed by atoms with van der Waals surface area (Å²) in [6.45, 7) is 10.2. The molecule has 0 saturated carbocycles. The van der Waals surface area contributed by atoms with E-state index in [-0.39, 0.29) is 0 Å². The fraction of sp³-hybridized carbons (Fsp3) is 0.700. The van der Waals surface area contributed by atoms with Crippen molar-refractivity contribution < 1.29 is 4.18 Å². The van der Waals surface area contributed by atoms with Crippen LogP contribution < -0.4 is 0 Å². The van der Waals surface area contributed by atoms with Gasteiger partial charge in [0.15, 0.2) is 0 Å². The molecule has 0 fully saturated rings. The highest BCUT2D eigenvalue weighted by atomic mass is 32.1. The maximum atomic E-state index is 4.95. The lowest BCUT2D eigenvalue weighted by atomic mass is 10.0. The third-order valence-electron chi connectivity index (χ3n) is 4.19. The van der Waals surface area contributed by atoms with Gasteiger partial charge in [0.1, 0.15) is 5.76 Å². The number of thiol groups is 1. The van der Waals surface area contributed by atoms with Gasteiger partial charge in [-0.15, -0.1) is 0 Å². The van der Waals surface area contributed by atoms with Gasteiger partial charge in [-0.25, -0.2) is 0 Å². The Morgan fingerprint density at radius 2 is 1.32 bits per heavy atom. The van der Waals surface area contributed by atoms with Gasteiger partial charge in [-0.3, -0.25) is 0 Å². The van der Waals surface area contributed by atoms with E-state index in [1.54, 1.807) is 0 Å². The van der Waals surface area contributed by atoms with Gasteiger partial charge in [-0.2, -0.15) is 0 Å². The van der Waals surface area contributed by atoms with Gasteiger partial charge in [0.05, 0.1) is 0 Å². The highest BCUT2D eigenvalue weighted by Crippen LogP contribution is 2.17. The first-order chi connectivity index (χ1) is 10.6. The summed E-state index contributed by atoms with van der Waals surface area (Å²) < 4.78 is 4.95. The molecular weight excluding hydrogens is 288 g/mol. The van der Waals surface area contributed by atoms with E-state index in [9.17, 15) is 0 Å². The smallest absolute Gasteiger partial charge is 0.109 e.